The molecule has 0 spiro atoms. The number of phosphoric acid groups is 2. The molecule has 0 fully saturated rings. The van der Waals surface area contributed by atoms with E-state index in [-0.39, 0.29) is 25.7 Å². The highest BCUT2D eigenvalue weighted by atomic mass is 31.2. The predicted octanol–water partition coefficient (Wildman–Crippen LogP) is 25.6. The number of rotatable bonds is 84. The molecule has 0 aliphatic carbocycles. The lowest BCUT2D eigenvalue weighted by atomic mass is 10.0. The Morgan fingerprint density at radius 3 is 0.660 bits per heavy atom. The number of carbonyl (C=O) groups excluding carboxylic acids is 4. The van der Waals surface area contributed by atoms with E-state index in [1.54, 1.807) is 0 Å². The summed E-state index contributed by atoms with van der Waals surface area (Å²) in [4.78, 5) is 73.2. The standard InChI is InChI=1S/C84H164O17P2/c1-6-9-12-15-18-21-24-27-29-34-38-43-48-53-58-63-68-82(87)95-74-80(101-84(89)70-65-60-55-50-45-40-35-31-30-33-37-41-46-51-56-61-66-77(4)5)76-99-103(92,93)97-72-78(85)71-96-102(90,91)98-75-79(73-94-81(86)67-62-57-52-47-42-36-26-23-20-17-14-11-8-3)100-83(88)69-64-59-54-49-44-39-32-28-25-22-19-16-13-10-7-2/h77-80,85H,6-76H2,1-5H3,(H,90,91)(H,92,93)/t78-,79+,80+/m0/s1. The van der Waals surface area contributed by atoms with Crippen LogP contribution in [0.2, 0.25) is 0 Å². The van der Waals surface area contributed by atoms with Gasteiger partial charge in [0.1, 0.15) is 19.3 Å². The van der Waals surface area contributed by atoms with Crippen molar-refractivity contribution in [3.05, 3.63) is 0 Å². The van der Waals surface area contributed by atoms with E-state index >= 15 is 0 Å². The summed E-state index contributed by atoms with van der Waals surface area (Å²) in [7, 11) is -9.92. The summed E-state index contributed by atoms with van der Waals surface area (Å²) in [5.74, 6) is -1.29. The SMILES string of the molecule is CCCCCCCCCCCCCCCCCCC(=O)OC[C@H](COP(=O)(O)OC[C@@H](O)COP(=O)(O)OC[C@@H](COC(=O)CCCCCCCCCCCCCCC)OC(=O)CCCCCCCCCCCCCCCCC)OC(=O)CCCCCCCCCCCCCCCCCCC(C)C. The molecule has 0 aromatic heterocycles. The molecule has 0 bridgehead atoms. The van der Waals surface area contributed by atoms with Crippen molar-refractivity contribution in [2.45, 2.75) is 470 Å². The third-order valence-electron chi connectivity index (χ3n) is 19.8. The van der Waals surface area contributed by atoms with Crippen molar-refractivity contribution in [3.8, 4) is 0 Å². The van der Waals surface area contributed by atoms with Gasteiger partial charge in [0.25, 0.3) is 0 Å². The van der Waals surface area contributed by atoms with Crippen LogP contribution in [0, 0.1) is 5.92 Å². The van der Waals surface area contributed by atoms with Crippen molar-refractivity contribution in [2.24, 2.45) is 5.92 Å². The minimum atomic E-state index is -4.96. The fraction of sp³-hybridized carbons (Fsp3) is 0.952. The summed E-state index contributed by atoms with van der Waals surface area (Å²) in [6, 6.07) is 0. The summed E-state index contributed by atoms with van der Waals surface area (Å²) in [5.41, 5.74) is 0. The third kappa shape index (κ3) is 78.0. The number of hydrogen-bond acceptors (Lipinski definition) is 15. The van der Waals surface area contributed by atoms with Crippen LogP contribution in [0.5, 0.6) is 0 Å². The second-order valence-corrected chi connectivity index (χ2v) is 33.6. The maximum absolute atomic E-state index is 13.1. The van der Waals surface area contributed by atoms with Crippen LogP contribution in [0.15, 0.2) is 0 Å². The van der Waals surface area contributed by atoms with E-state index in [0.29, 0.717) is 25.7 Å². The van der Waals surface area contributed by atoms with Gasteiger partial charge < -0.3 is 33.8 Å². The molecule has 0 amide bonds. The molecule has 0 heterocycles. The fourth-order valence-corrected chi connectivity index (χ4v) is 14.7. The monoisotopic (exact) mass is 1510 g/mol. The van der Waals surface area contributed by atoms with E-state index < -0.39 is 97.5 Å². The number of unbranched alkanes of at least 4 members (excludes halogenated alkanes) is 56. The Hall–Kier alpha value is -1.94. The Morgan fingerprint density at radius 2 is 0.447 bits per heavy atom. The van der Waals surface area contributed by atoms with Crippen LogP contribution in [0.4, 0.5) is 0 Å². The van der Waals surface area contributed by atoms with Crippen LogP contribution in [0.3, 0.4) is 0 Å². The molecule has 0 aliphatic rings. The number of phosphoric ester groups is 2. The van der Waals surface area contributed by atoms with Gasteiger partial charge >= 0.3 is 39.5 Å². The molecular formula is C84H164O17P2. The molecule has 17 nitrogen and oxygen atoms in total. The highest BCUT2D eigenvalue weighted by Crippen LogP contribution is 2.45. The Bertz CT molecular complexity index is 1960. The predicted molar refractivity (Wildman–Crippen MR) is 423 cm³/mol. The number of esters is 4. The Balaban J connectivity index is 5.26. The summed E-state index contributed by atoms with van der Waals surface area (Å²) in [5, 5.41) is 10.7. The Morgan fingerprint density at radius 1 is 0.262 bits per heavy atom. The zero-order chi connectivity index (χ0) is 75.5. The molecule has 2 unspecified atom stereocenters. The first kappa shape index (κ1) is 101. The van der Waals surface area contributed by atoms with Crippen LogP contribution in [-0.4, -0.2) is 96.7 Å². The van der Waals surface area contributed by atoms with Gasteiger partial charge in [-0.1, -0.05) is 401 Å². The number of carbonyl (C=O) groups is 4. The minimum Gasteiger partial charge on any atom is -0.462 e. The summed E-state index contributed by atoms with van der Waals surface area (Å²) < 4.78 is 68.9. The molecule has 5 atom stereocenters. The molecule has 0 radical (unpaired) electrons. The topological polar surface area (TPSA) is 237 Å². The average Bonchev–Trinajstić information content (AvgIpc) is 0.925. The van der Waals surface area contributed by atoms with Gasteiger partial charge in [0.15, 0.2) is 12.2 Å². The van der Waals surface area contributed by atoms with Crippen molar-refractivity contribution < 1.29 is 80.2 Å². The molecular weight excluding hydrogens is 1340 g/mol. The molecule has 0 rings (SSSR count). The van der Waals surface area contributed by atoms with E-state index in [1.807, 2.05) is 0 Å². The van der Waals surface area contributed by atoms with Gasteiger partial charge in [-0.15, -0.1) is 0 Å². The van der Waals surface area contributed by atoms with Crippen molar-refractivity contribution in [1.82, 2.24) is 0 Å². The lowest BCUT2D eigenvalue weighted by Crippen LogP contribution is -2.30. The zero-order valence-electron chi connectivity index (χ0n) is 67.5. The van der Waals surface area contributed by atoms with E-state index in [4.69, 9.17) is 37.0 Å². The second kappa shape index (κ2) is 76.8. The van der Waals surface area contributed by atoms with Gasteiger partial charge in [-0.3, -0.25) is 37.3 Å². The quantitative estimate of drug-likeness (QED) is 0.0222. The Labute approximate surface area is 632 Å². The van der Waals surface area contributed by atoms with Crippen molar-refractivity contribution in [1.29, 1.82) is 0 Å². The maximum Gasteiger partial charge on any atom is 0.472 e. The number of hydrogen-bond donors (Lipinski definition) is 3. The van der Waals surface area contributed by atoms with Gasteiger partial charge in [-0.2, -0.15) is 0 Å². The largest absolute Gasteiger partial charge is 0.472 e. The first-order valence-corrected chi connectivity index (χ1v) is 46.6. The van der Waals surface area contributed by atoms with Crippen molar-refractivity contribution in [3.63, 3.8) is 0 Å². The fourth-order valence-electron chi connectivity index (χ4n) is 13.1. The summed E-state index contributed by atoms with van der Waals surface area (Å²) in [6.45, 7) is 7.40. The minimum absolute atomic E-state index is 0.109. The first-order chi connectivity index (χ1) is 50.0. The van der Waals surface area contributed by atoms with Gasteiger partial charge in [0.05, 0.1) is 26.4 Å². The van der Waals surface area contributed by atoms with Gasteiger partial charge in [0.2, 0.25) is 0 Å². The van der Waals surface area contributed by atoms with E-state index in [9.17, 15) is 43.2 Å². The number of aliphatic hydroxyl groups excluding tert-OH is 1. The highest BCUT2D eigenvalue weighted by Gasteiger charge is 2.30. The molecule has 0 aromatic carbocycles. The van der Waals surface area contributed by atoms with Gasteiger partial charge in [0, 0.05) is 25.7 Å². The highest BCUT2D eigenvalue weighted by molar-refractivity contribution is 7.47. The van der Waals surface area contributed by atoms with Gasteiger partial charge in [-0.25, -0.2) is 9.13 Å². The van der Waals surface area contributed by atoms with Crippen molar-refractivity contribution in [2.75, 3.05) is 39.6 Å². The summed E-state index contributed by atoms with van der Waals surface area (Å²) >= 11 is 0. The lowest BCUT2D eigenvalue weighted by Gasteiger charge is -2.21. The molecule has 0 saturated heterocycles. The smallest absolute Gasteiger partial charge is 0.462 e. The average molecular weight is 1510 g/mol. The Kier molecular flexibility index (Phi) is 75.4. The number of ether oxygens (including phenoxy) is 4. The van der Waals surface area contributed by atoms with E-state index in [2.05, 4.69) is 34.6 Å². The maximum atomic E-state index is 13.1. The molecule has 612 valence electrons. The van der Waals surface area contributed by atoms with Crippen LogP contribution < -0.4 is 0 Å². The first-order valence-electron chi connectivity index (χ1n) is 43.6. The zero-order valence-corrected chi connectivity index (χ0v) is 69.3. The second-order valence-electron chi connectivity index (χ2n) is 30.7. The van der Waals surface area contributed by atoms with Crippen LogP contribution >= 0.6 is 15.6 Å². The lowest BCUT2D eigenvalue weighted by molar-refractivity contribution is -0.161. The van der Waals surface area contributed by atoms with E-state index in [1.165, 1.54) is 276 Å². The van der Waals surface area contributed by atoms with Crippen LogP contribution in [0.1, 0.15) is 452 Å². The number of aliphatic hydroxyl groups is 1. The van der Waals surface area contributed by atoms with E-state index in [0.717, 1.165) is 95.8 Å². The van der Waals surface area contributed by atoms with Crippen molar-refractivity contribution >= 4 is 39.5 Å². The van der Waals surface area contributed by atoms with Crippen LogP contribution in [0.25, 0.3) is 0 Å². The van der Waals surface area contributed by atoms with Gasteiger partial charge in [-0.05, 0) is 31.6 Å². The molecule has 3 N–H and O–H groups in total. The molecule has 103 heavy (non-hydrogen) atoms. The van der Waals surface area contributed by atoms with Crippen LogP contribution in [-0.2, 0) is 65.4 Å². The molecule has 0 saturated carbocycles. The molecule has 0 aliphatic heterocycles. The normalized spacial score (nSPS) is 13.8. The molecule has 19 heteroatoms. The molecule has 0 aromatic rings. The summed E-state index contributed by atoms with van der Waals surface area (Å²) in [6.07, 6.45) is 69.2. The third-order valence-corrected chi connectivity index (χ3v) is 21.7.